The quantitative estimate of drug-likeness (QED) is 0.814. The average molecular weight is 245 g/mol. The summed E-state index contributed by atoms with van der Waals surface area (Å²) in [4.78, 5) is 0.490. The van der Waals surface area contributed by atoms with Crippen LogP contribution in [0.15, 0.2) is 17.0 Å². The van der Waals surface area contributed by atoms with Gasteiger partial charge in [-0.1, -0.05) is 0 Å². The molecule has 2 nitrogen and oxygen atoms in total. The summed E-state index contributed by atoms with van der Waals surface area (Å²) in [5.74, 6) is -1.27. The second-order valence-corrected chi connectivity index (χ2v) is 5.07. The third-order valence-corrected chi connectivity index (χ3v) is 3.91. The maximum Gasteiger partial charge on any atom is 0.150 e. The van der Waals surface area contributed by atoms with Gasteiger partial charge in [0.15, 0.2) is 0 Å². The van der Waals surface area contributed by atoms with E-state index in [2.05, 4.69) is 0 Å². The molecule has 1 saturated heterocycles. The van der Waals surface area contributed by atoms with Crippen LogP contribution in [0.1, 0.15) is 12.8 Å². The summed E-state index contributed by atoms with van der Waals surface area (Å²) in [6.07, 6.45) is 1.78. The predicted molar refractivity (Wildman–Crippen MR) is 60.5 cm³/mol. The molecule has 1 fully saturated rings. The van der Waals surface area contributed by atoms with Crippen molar-refractivity contribution < 1.29 is 13.5 Å². The van der Waals surface area contributed by atoms with Gasteiger partial charge in [0.05, 0.1) is 5.69 Å². The van der Waals surface area contributed by atoms with Crippen molar-refractivity contribution in [2.45, 2.75) is 23.0 Å². The van der Waals surface area contributed by atoms with Gasteiger partial charge in [-0.3, -0.25) is 0 Å². The molecule has 0 bridgehead atoms. The maximum atomic E-state index is 13.2. The molecule has 1 aliphatic heterocycles. The molecule has 0 atom stereocenters. The summed E-state index contributed by atoms with van der Waals surface area (Å²) >= 11 is 1.43. The second-order valence-electron chi connectivity index (χ2n) is 3.73. The van der Waals surface area contributed by atoms with Crippen molar-refractivity contribution in [2.24, 2.45) is 0 Å². The molecule has 0 unspecified atom stereocenters. The van der Waals surface area contributed by atoms with Crippen molar-refractivity contribution in [3.8, 4) is 0 Å². The summed E-state index contributed by atoms with van der Waals surface area (Å²) < 4.78 is 31.4. The highest BCUT2D eigenvalue weighted by molar-refractivity contribution is 8.00. The monoisotopic (exact) mass is 245 g/mol. The first-order valence-corrected chi connectivity index (χ1v) is 6.03. The Morgan fingerprint density at radius 1 is 1.25 bits per heavy atom. The Hall–Kier alpha value is -0.810. The molecule has 0 spiro atoms. The standard InChI is InChI=1S/C11H13F2NOS/c12-7-5-9(13)11(14)10(6-7)16-8-1-3-15-4-2-8/h5-6,8H,1-4,14H2. The fraction of sp³-hybridized carbons (Fsp3) is 0.455. The minimum Gasteiger partial charge on any atom is -0.395 e. The number of hydrogen-bond donors (Lipinski definition) is 1. The van der Waals surface area contributed by atoms with Crippen LogP contribution in [0.4, 0.5) is 14.5 Å². The van der Waals surface area contributed by atoms with E-state index in [0.717, 1.165) is 18.9 Å². The van der Waals surface area contributed by atoms with Crippen molar-refractivity contribution in [2.75, 3.05) is 18.9 Å². The van der Waals surface area contributed by atoms with Gasteiger partial charge in [0, 0.05) is 29.4 Å². The van der Waals surface area contributed by atoms with E-state index in [-0.39, 0.29) is 5.69 Å². The summed E-state index contributed by atoms with van der Waals surface area (Å²) in [5, 5.41) is 0.331. The third-order valence-electron chi connectivity index (χ3n) is 2.52. The van der Waals surface area contributed by atoms with Crippen LogP contribution in [-0.4, -0.2) is 18.5 Å². The van der Waals surface area contributed by atoms with E-state index >= 15 is 0 Å². The number of halogens is 2. The first-order chi connectivity index (χ1) is 7.66. The largest absolute Gasteiger partial charge is 0.395 e. The molecule has 0 saturated carbocycles. The van der Waals surface area contributed by atoms with Gasteiger partial charge < -0.3 is 10.5 Å². The van der Waals surface area contributed by atoms with E-state index in [4.69, 9.17) is 10.5 Å². The van der Waals surface area contributed by atoms with Crippen LogP contribution >= 0.6 is 11.8 Å². The Bertz CT molecular complexity index is 380. The smallest absolute Gasteiger partial charge is 0.150 e. The molecular formula is C11H13F2NOS. The number of rotatable bonds is 2. The number of anilines is 1. The van der Waals surface area contributed by atoms with Crippen molar-refractivity contribution in [1.29, 1.82) is 0 Å². The summed E-state index contributed by atoms with van der Waals surface area (Å²) in [5.41, 5.74) is 5.61. The van der Waals surface area contributed by atoms with E-state index < -0.39 is 11.6 Å². The van der Waals surface area contributed by atoms with Crippen molar-refractivity contribution in [1.82, 2.24) is 0 Å². The van der Waals surface area contributed by atoms with Gasteiger partial charge in [-0.25, -0.2) is 8.78 Å². The molecule has 88 valence electrons. The van der Waals surface area contributed by atoms with Crippen molar-refractivity contribution in [3.63, 3.8) is 0 Å². The Morgan fingerprint density at radius 3 is 2.62 bits per heavy atom. The third kappa shape index (κ3) is 2.65. The zero-order valence-electron chi connectivity index (χ0n) is 8.71. The normalized spacial score (nSPS) is 17.6. The molecule has 0 aromatic heterocycles. The molecule has 1 aromatic rings. The summed E-state index contributed by atoms with van der Waals surface area (Å²) in [7, 11) is 0. The van der Waals surface area contributed by atoms with Crippen LogP contribution in [0.5, 0.6) is 0 Å². The van der Waals surface area contributed by atoms with Gasteiger partial charge in [0.2, 0.25) is 0 Å². The van der Waals surface area contributed by atoms with Crippen LogP contribution in [0, 0.1) is 11.6 Å². The van der Waals surface area contributed by atoms with Gasteiger partial charge in [-0.05, 0) is 18.9 Å². The molecule has 0 radical (unpaired) electrons. The highest BCUT2D eigenvalue weighted by Crippen LogP contribution is 2.35. The summed E-state index contributed by atoms with van der Waals surface area (Å²) in [6, 6.07) is 2.10. The lowest BCUT2D eigenvalue weighted by molar-refractivity contribution is 0.100. The second kappa shape index (κ2) is 5.01. The molecule has 0 aliphatic carbocycles. The van der Waals surface area contributed by atoms with Gasteiger partial charge in [-0.2, -0.15) is 0 Å². The number of hydrogen-bond acceptors (Lipinski definition) is 3. The Morgan fingerprint density at radius 2 is 1.94 bits per heavy atom. The lowest BCUT2D eigenvalue weighted by Crippen LogP contribution is -2.17. The zero-order valence-corrected chi connectivity index (χ0v) is 9.53. The van der Waals surface area contributed by atoms with Crippen molar-refractivity contribution in [3.05, 3.63) is 23.8 Å². The molecule has 16 heavy (non-hydrogen) atoms. The van der Waals surface area contributed by atoms with Crippen LogP contribution in [0.3, 0.4) is 0 Å². The summed E-state index contributed by atoms with van der Waals surface area (Å²) in [6.45, 7) is 1.41. The number of nitrogen functional groups attached to an aromatic ring is 1. The van der Waals surface area contributed by atoms with Crippen LogP contribution in [0.2, 0.25) is 0 Å². The molecule has 2 N–H and O–H groups in total. The zero-order chi connectivity index (χ0) is 11.5. The molecular weight excluding hydrogens is 232 g/mol. The number of benzene rings is 1. The number of nitrogens with two attached hydrogens (primary N) is 1. The SMILES string of the molecule is Nc1c(F)cc(F)cc1SC1CCOCC1. The fourth-order valence-corrected chi connectivity index (χ4v) is 2.82. The van der Waals surface area contributed by atoms with Crippen LogP contribution in [-0.2, 0) is 4.74 Å². The highest BCUT2D eigenvalue weighted by atomic mass is 32.2. The predicted octanol–water partition coefficient (Wildman–Crippen LogP) is 2.82. The van der Waals surface area contributed by atoms with E-state index in [9.17, 15) is 8.78 Å². The van der Waals surface area contributed by atoms with E-state index in [1.165, 1.54) is 17.8 Å². The van der Waals surface area contributed by atoms with E-state index in [1.54, 1.807) is 0 Å². The van der Waals surface area contributed by atoms with Gasteiger partial charge in [0.1, 0.15) is 11.6 Å². The number of ether oxygens (including phenoxy) is 1. The van der Waals surface area contributed by atoms with Gasteiger partial charge in [-0.15, -0.1) is 11.8 Å². The molecule has 1 aliphatic rings. The lowest BCUT2D eigenvalue weighted by atomic mass is 10.2. The van der Waals surface area contributed by atoms with Gasteiger partial charge >= 0.3 is 0 Å². The first-order valence-electron chi connectivity index (χ1n) is 5.16. The molecule has 2 rings (SSSR count). The Balaban J connectivity index is 2.13. The molecule has 1 aromatic carbocycles. The average Bonchev–Trinajstić information content (AvgIpc) is 2.27. The number of thioether (sulfide) groups is 1. The molecule has 1 heterocycles. The molecule has 5 heteroatoms. The fourth-order valence-electron chi connectivity index (χ4n) is 1.63. The Labute approximate surface area is 97.2 Å². The molecule has 0 amide bonds. The topological polar surface area (TPSA) is 35.2 Å². The first kappa shape index (κ1) is 11.7. The minimum atomic E-state index is -0.686. The van der Waals surface area contributed by atoms with Crippen LogP contribution in [0.25, 0.3) is 0 Å². The lowest BCUT2D eigenvalue weighted by Gasteiger charge is -2.22. The highest BCUT2D eigenvalue weighted by Gasteiger charge is 2.18. The minimum absolute atomic E-state index is 0.0397. The van der Waals surface area contributed by atoms with Crippen molar-refractivity contribution >= 4 is 17.4 Å². The van der Waals surface area contributed by atoms with Crippen LogP contribution < -0.4 is 5.73 Å². The van der Waals surface area contributed by atoms with Gasteiger partial charge in [0.25, 0.3) is 0 Å². The maximum absolute atomic E-state index is 13.2. The van der Waals surface area contributed by atoms with E-state index in [1.807, 2.05) is 0 Å². The van der Waals surface area contributed by atoms with E-state index in [0.29, 0.717) is 23.4 Å². The Kier molecular flexibility index (Phi) is 3.66.